The number of carbonyl (C=O) groups is 2. The Balaban J connectivity index is 1.40. The third-order valence-corrected chi connectivity index (χ3v) is 5.67. The van der Waals surface area contributed by atoms with E-state index in [-0.39, 0.29) is 23.7 Å². The number of carbonyl (C=O) groups excluding carboxylic acids is 2. The number of piperidine rings is 1. The van der Waals surface area contributed by atoms with Crippen LogP contribution in [0, 0.1) is 17.8 Å². The van der Waals surface area contributed by atoms with Gasteiger partial charge in [0.1, 0.15) is 0 Å². The zero-order chi connectivity index (χ0) is 16.0. The molecule has 1 aliphatic carbocycles. The van der Waals surface area contributed by atoms with Crippen molar-refractivity contribution in [1.29, 1.82) is 0 Å². The van der Waals surface area contributed by atoms with E-state index in [0.29, 0.717) is 0 Å². The van der Waals surface area contributed by atoms with Gasteiger partial charge in [0, 0.05) is 25.3 Å². The fourth-order valence-electron chi connectivity index (χ4n) is 3.97. The number of anilines is 1. The minimum atomic E-state index is -0.0898. The van der Waals surface area contributed by atoms with Crippen LogP contribution >= 0.6 is 0 Å². The number of hydrogen-bond donors (Lipinski definition) is 0. The molecule has 1 saturated heterocycles. The molecule has 0 aromatic heterocycles. The van der Waals surface area contributed by atoms with Gasteiger partial charge >= 0.3 is 0 Å². The molecule has 1 saturated carbocycles. The highest BCUT2D eigenvalue weighted by atomic mass is 16.2. The Morgan fingerprint density at radius 3 is 2.48 bits per heavy atom. The standard InChI is InChI=1S/C19H24N2O2/c1-13-6-9-20(10-7-13)18(22)15-12-16(15)19(23)21-11-8-14-4-2-3-5-17(14)21/h2-5,13,15-16H,6-12H2,1H3. The largest absolute Gasteiger partial charge is 0.342 e. The second-order valence-corrected chi connectivity index (χ2v) is 7.33. The Labute approximate surface area is 137 Å². The number of likely N-dealkylation sites (tertiary alicyclic amines) is 1. The molecule has 2 aliphatic heterocycles. The summed E-state index contributed by atoms with van der Waals surface area (Å²) in [4.78, 5) is 29.2. The Bertz CT molecular complexity index is 634. The van der Waals surface area contributed by atoms with Gasteiger partial charge in [0.15, 0.2) is 0 Å². The van der Waals surface area contributed by atoms with E-state index in [0.717, 1.165) is 56.9 Å². The Morgan fingerprint density at radius 1 is 1.00 bits per heavy atom. The first-order valence-corrected chi connectivity index (χ1v) is 8.83. The summed E-state index contributed by atoms with van der Waals surface area (Å²) in [7, 11) is 0. The van der Waals surface area contributed by atoms with Gasteiger partial charge in [-0.1, -0.05) is 25.1 Å². The van der Waals surface area contributed by atoms with Crippen LogP contribution in [0.15, 0.2) is 24.3 Å². The van der Waals surface area contributed by atoms with Crippen LogP contribution in [0.2, 0.25) is 0 Å². The van der Waals surface area contributed by atoms with Crippen molar-refractivity contribution in [1.82, 2.24) is 4.90 Å². The van der Waals surface area contributed by atoms with Crippen molar-refractivity contribution < 1.29 is 9.59 Å². The van der Waals surface area contributed by atoms with E-state index < -0.39 is 0 Å². The molecule has 1 aromatic rings. The maximum absolute atomic E-state index is 12.8. The van der Waals surface area contributed by atoms with E-state index in [1.165, 1.54) is 5.56 Å². The topological polar surface area (TPSA) is 40.6 Å². The number of amides is 2. The van der Waals surface area contributed by atoms with Crippen molar-refractivity contribution in [3.8, 4) is 0 Å². The lowest BCUT2D eigenvalue weighted by Gasteiger charge is -2.30. The van der Waals surface area contributed by atoms with E-state index in [2.05, 4.69) is 13.0 Å². The van der Waals surface area contributed by atoms with Crippen molar-refractivity contribution in [2.45, 2.75) is 32.6 Å². The Morgan fingerprint density at radius 2 is 1.70 bits per heavy atom. The van der Waals surface area contributed by atoms with Crippen LogP contribution in [-0.4, -0.2) is 36.3 Å². The van der Waals surface area contributed by atoms with Gasteiger partial charge in [-0.25, -0.2) is 0 Å². The quantitative estimate of drug-likeness (QED) is 0.842. The summed E-state index contributed by atoms with van der Waals surface area (Å²) in [6.45, 7) is 4.74. The lowest BCUT2D eigenvalue weighted by molar-refractivity contribution is -0.135. The van der Waals surface area contributed by atoms with E-state index in [9.17, 15) is 9.59 Å². The predicted octanol–water partition coefficient (Wildman–Crippen LogP) is 2.47. The highest BCUT2D eigenvalue weighted by Crippen LogP contribution is 2.43. The first kappa shape index (κ1) is 14.7. The third-order valence-electron chi connectivity index (χ3n) is 5.67. The molecule has 4 heteroatoms. The van der Waals surface area contributed by atoms with Crippen molar-refractivity contribution in [3.05, 3.63) is 29.8 Å². The molecule has 0 bridgehead atoms. The molecule has 3 aliphatic rings. The van der Waals surface area contributed by atoms with Crippen LogP contribution in [0.4, 0.5) is 5.69 Å². The molecule has 2 amide bonds. The van der Waals surface area contributed by atoms with Gasteiger partial charge in [-0.3, -0.25) is 9.59 Å². The minimum absolute atomic E-state index is 0.0660. The number of para-hydroxylation sites is 1. The SMILES string of the molecule is CC1CCN(C(=O)C2CC2C(=O)N2CCc3ccccc32)CC1. The highest BCUT2D eigenvalue weighted by Gasteiger charge is 2.51. The monoisotopic (exact) mass is 312 g/mol. The summed E-state index contributed by atoms with van der Waals surface area (Å²) in [5.74, 6) is 0.926. The minimum Gasteiger partial charge on any atom is -0.342 e. The summed E-state index contributed by atoms with van der Waals surface area (Å²) < 4.78 is 0. The molecule has 2 atom stereocenters. The fourth-order valence-corrected chi connectivity index (χ4v) is 3.97. The first-order valence-electron chi connectivity index (χ1n) is 8.83. The van der Waals surface area contributed by atoms with Crippen LogP contribution < -0.4 is 4.90 Å². The van der Waals surface area contributed by atoms with Gasteiger partial charge in [0.2, 0.25) is 11.8 Å². The summed E-state index contributed by atoms with van der Waals surface area (Å²) in [6, 6.07) is 8.11. The molecule has 2 unspecified atom stereocenters. The maximum atomic E-state index is 12.8. The van der Waals surface area contributed by atoms with E-state index in [1.54, 1.807) is 0 Å². The number of rotatable bonds is 2. The van der Waals surface area contributed by atoms with Crippen LogP contribution in [0.1, 0.15) is 31.7 Å². The predicted molar refractivity (Wildman–Crippen MR) is 89.1 cm³/mol. The Hall–Kier alpha value is -1.84. The van der Waals surface area contributed by atoms with E-state index >= 15 is 0 Å². The van der Waals surface area contributed by atoms with Gasteiger partial charge < -0.3 is 9.80 Å². The van der Waals surface area contributed by atoms with Crippen LogP contribution in [-0.2, 0) is 16.0 Å². The van der Waals surface area contributed by atoms with Crippen LogP contribution in [0.5, 0.6) is 0 Å². The zero-order valence-corrected chi connectivity index (χ0v) is 13.7. The maximum Gasteiger partial charge on any atom is 0.230 e. The highest BCUT2D eigenvalue weighted by molar-refractivity contribution is 6.02. The van der Waals surface area contributed by atoms with Gasteiger partial charge in [-0.2, -0.15) is 0 Å². The molecule has 0 N–H and O–H groups in total. The summed E-state index contributed by atoms with van der Waals surface area (Å²) in [6.07, 6.45) is 3.85. The molecular weight excluding hydrogens is 288 g/mol. The molecule has 2 fully saturated rings. The molecular formula is C19H24N2O2. The molecule has 122 valence electrons. The van der Waals surface area contributed by atoms with E-state index in [4.69, 9.17) is 0 Å². The fraction of sp³-hybridized carbons (Fsp3) is 0.579. The zero-order valence-electron chi connectivity index (χ0n) is 13.7. The normalized spacial score (nSPS) is 27.0. The molecule has 0 spiro atoms. The molecule has 1 aromatic carbocycles. The van der Waals surface area contributed by atoms with Gasteiger partial charge in [-0.15, -0.1) is 0 Å². The first-order chi connectivity index (χ1) is 11.1. The number of hydrogen-bond acceptors (Lipinski definition) is 2. The van der Waals surface area contributed by atoms with Gasteiger partial charge in [0.05, 0.1) is 11.8 Å². The second-order valence-electron chi connectivity index (χ2n) is 7.33. The van der Waals surface area contributed by atoms with Crippen molar-refractivity contribution >= 4 is 17.5 Å². The number of nitrogens with zero attached hydrogens (tertiary/aromatic N) is 2. The summed E-state index contributed by atoms with van der Waals surface area (Å²) in [5, 5.41) is 0. The molecule has 4 rings (SSSR count). The molecule has 0 radical (unpaired) electrons. The Kier molecular flexibility index (Phi) is 3.63. The average molecular weight is 312 g/mol. The van der Waals surface area contributed by atoms with Gasteiger partial charge in [-0.05, 0) is 43.2 Å². The smallest absolute Gasteiger partial charge is 0.230 e. The molecule has 23 heavy (non-hydrogen) atoms. The van der Waals surface area contributed by atoms with Crippen molar-refractivity contribution in [3.63, 3.8) is 0 Å². The van der Waals surface area contributed by atoms with Crippen molar-refractivity contribution in [2.24, 2.45) is 17.8 Å². The average Bonchev–Trinajstić information content (AvgIpc) is 3.26. The number of fused-ring (bicyclic) bond motifs is 1. The number of benzene rings is 1. The third kappa shape index (κ3) is 2.64. The second kappa shape index (κ2) is 5.66. The summed E-state index contributed by atoms with van der Waals surface area (Å²) in [5.41, 5.74) is 2.29. The lowest BCUT2D eigenvalue weighted by atomic mass is 9.99. The van der Waals surface area contributed by atoms with Crippen LogP contribution in [0.3, 0.4) is 0 Å². The van der Waals surface area contributed by atoms with E-state index in [1.807, 2.05) is 28.0 Å². The van der Waals surface area contributed by atoms with Gasteiger partial charge in [0.25, 0.3) is 0 Å². The summed E-state index contributed by atoms with van der Waals surface area (Å²) >= 11 is 0. The lowest BCUT2D eigenvalue weighted by Crippen LogP contribution is -2.40. The molecule has 4 nitrogen and oxygen atoms in total. The molecule has 2 heterocycles. The van der Waals surface area contributed by atoms with Crippen molar-refractivity contribution in [2.75, 3.05) is 24.5 Å². The van der Waals surface area contributed by atoms with Crippen LogP contribution in [0.25, 0.3) is 0 Å².